The van der Waals surface area contributed by atoms with Crippen molar-refractivity contribution < 1.29 is 0 Å². The lowest BCUT2D eigenvalue weighted by molar-refractivity contribution is 0.721. The van der Waals surface area contributed by atoms with Gasteiger partial charge in [0.05, 0.1) is 18.8 Å². The molecule has 1 N–H and O–H groups in total. The molecule has 1 aliphatic rings. The Labute approximate surface area is 175 Å². The monoisotopic (exact) mass is 420 g/mol. The number of H-pyrrole nitrogens is 1. The number of aromatic nitrogens is 4. The standard InChI is InChI=1S/C21H17ClN6O2/c1-26-18-17(19(29)24-21(26)30)27-12-16(14-7-9-15(22)10-8-14)25-28(20(27)23-18)11-13-5-3-2-4-6-13/h2-10H,11-12H2,1H3,(H,24,29,30). The van der Waals surface area contributed by atoms with Crippen LogP contribution in [0.4, 0.5) is 5.95 Å². The highest BCUT2D eigenvalue weighted by atomic mass is 35.5. The van der Waals surface area contributed by atoms with Crippen LogP contribution in [0.3, 0.4) is 0 Å². The highest BCUT2D eigenvalue weighted by Crippen LogP contribution is 2.27. The van der Waals surface area contributed by atoms with Gasteiger partial charge in [0.25, 0.3) is 5.56 Å². The Morgan fingerprint density at radius 1 is 1.07 bits per heavy atom. The largest absolute Gasteiger partial charge is 0.329 e. The number of nitrogens with zero attached hydrogens (tertiary/aromatic N) is 5. The second kappa shape index (κ2) is 7.00. The number of rotatable bonds is 3. The number of imidazole rings is 1. The van der Waals surface area contributed by atoms with Crippen LogP contribution in [-0.4, -0.2) is 24.8 Å². The van der Waals surface area contributed by atoms with E-state index in [-0.39, 0.29) is 0 Å². The van der Waals surface area contributed by atoms with E-state index in [9.17, 15) is 9.59 Å². The van der Waals surface area contributed by atoms with Gasteiger partial charge in [0, 0.05) is 12.1 Å². The SMILES string of the molecule is Cn1c(=O)[nH]c(=O)c2c1nc1n2CC(c2ccc(Cl)cc2)=NN1Cc1ccccc1. The third kappa shape index (κ3) is 3.02. The van der Waals surface area contributed by atoms with Gasteiger partial charge in [0.2, 0.25) is 5.95 Å². The Kier molecular flexibility index (Phi) is 4.29. The van der Waals surface area contributed by atoms with Crippen LogP contribution in [0.25, 0.3) is 11.2 Å². The number of nitrogens with one attached hydrogen (secondary N) is 1. The molecular formula is C21H17ClN6O2. The van der Waals surface area contributed by atoms with Crippen LogP contribution in [0, 0.1) is 0 Å². The molecule has 0 radical (unpaired) electrons. The maximum absolute atomic E-state index is 12.6. The van der Waals surface area contributed by atoms with E-state index in [0.717, 1.165) is 16.8 Å². The van der Waals surface area contributed by atoms with Gasteiger partial charge in [-0.3, -0.25) is 18.9 Å². The lowest BCUT2D eigenvalue weighted by Gasteiger charge is -2.26. The molecule has 150 valence electrons. The van der Waals surface area contributed by atoms with Crippen LogP contribution in [0.2, 0.25) is 5.02 Å². The highest BCUT2D eigenvalue weighted by Gasteiger charge is 2.27. The van der Waals surface area contributed by atoms with Crippen LogP contribution < -0.4 is 16.3 Å². The fraction of sp³-hybridized carbons (Fsp3) is 0.143. The van der Waals surface area contributed by atoms with Gasteiger partial charge in [-0.15, -0.1) is 0 Å². The van der Waals surface area contributed by atoms with E-state index in [4.69, 9.17) is 16.7 Å². The van der Waals surface area contributed by atoms with E-state index in [1.165, 1.54) is 4.57 Å². The van der Waals surface area contributed by atoms with Crippen LogP contribution >= 0.6 is 11.6 Å². The van der Waals surface area contributed by atoms with Crippen molar-refractivity contribution in [1.29, 1.82) is 0 Å². The van der Waals surface area contributed by atoms with Crippen LogP contribution in [0.15, 0.2) is 69.3 Å². The van der Waals surface area contributed by atoms with Gasteiger partial charge < -0.3 is 0 Å². The first-order valence-corrected chi connectivity index (χ1v) is 9.73. The summed E-state index contributed by atoms with van der Waals surface area (Å²) < 4.78 is 3.14. The molecule has 2 aromatic heterocycles. The van der Waals surface area contributed by atoms with Gasteiger partial charge in [-0.05, 0) is 23.3 Å². The second-order valence-electron chi connectivity index (χ2n) is 7.09. The summed E-state index contributed by atoms with van der Waals surface area (Å²) in [5.74, 6) is 0.512. The number of fused-ring (bicyclic) bond motifs is 3. The van der Waals surface area contributed by atoms with Crippen molar-refractivity contribution in [3.8, 4) is 0 Å². The number of anilines is 1. The molecule has 0 saturated carbocycles. The Morgan fingerprint density at radius 3 is 2.53 bits per heavy atom. The number of aryl methyl sites for hydroxylation is 1. The number of hydrogen-bond donors (Lipinski definition) is 1. The zero-order chi connectivity index (χ0) is 20.8. The minimum absolute atomic E-state index is 0.323. The van der Waals surface area contributed by atoms with E-state index in [2.05, 4.69) is 9.97 Å². The molecule has 0 fully saturated rings. The average Bonchev–Trinajstić information content (AvgIpc) is 3.14. The summed E-state index contributed by atoms with van der Waals surface area (Å²) in [6, 6.07) is 17.3. The lowest BCUT2D eigenvalue weighted by atomic mass is 10.1. The molecule has 9 heteroatoms. The smallest absolute Gasteiger partial charge is 0.297 e. The molecule has 0 spiro atoms. The first-order valence-electron chi connectivity index (χ1n) is 9.35. The molecule has 0 bridgehead atoms. The van der Waals surface area contributed by atoms with Gasteiger partial charge in [0.1, 0.15) is 0 Å². The molecule has 5 rings (SSSR count). The zero-order valence-electron chi connectivity index (χ0n) is 16.0. The molecule has 0 aliphatic carbocycles. The molecule has 8 nitrogen and oxygen atoms in total. The maximum atomic E-state index is 12.6. The molecule has 4 aromatic rings. The summed E-state index contributed by atoms with van der Waals surface area (Å²) in [4.78, 5) is 31.6. The summed E-state index contributed by atoms with van der Waals surface area (Å²) in [6.45, 7) is 0.813. The Balaban J connectivity index is 1.71. The predicted molar refractivity (Wildman–Crippen MR) is 116 cm³/mol. The summed E-state index contributed by atoms with van der Waals surface area (Å²) in [6.07, 6.45) is 0. The van der Waals surface area contributed by atoms with Crippen molar-refractivity contribution in [2.45, 2.75) is 13.1 Å². The fourth-order valence-corrected chi connectivity index (χ4v) is 3.72. The Bertz CT molecular complexity index is 1400. The minimum Gasteiger partial charge on any atom is -0.297 e. The third-order valence-electron chi connectivity index (χ3n) is 5.12. The Hall–Kier alpha value is -3.65. The second-order valence-corrected chi connectivity index (χ2v) is 7.52. The van der Waals surface area contributed by atoms with Gasteiger partial charge >= 0.3 is 5.69 Å². The number of benzene rings is 2. The molecule has 0 saturated heterocycles. The number of halogens is 1. The van der Waals surface area contributed by atoms with Gasteiger partial charge in [-0.1, -0.05) is 54.1 Å². The minimum atomic E-state index is -0.503. The number of hydrazone groups is 1. The highest BCUT2D eigenvalue weighted by molar-refractivity contribution is 6.30. The van der Waals surface area contributed by atoms with Crippen molar-refractivity contribution in [2.24, 2.45) is 12.1 Å². The summed E-state index contributed by atoms with van der Waals surface area (Å²) in [5.41, 5.74) is 2.39. The van der Waals surface area contributed by atoms with E-state index in [1.54, 1.807) is 28.8 Å². The van der Waals surface area contributed by atoms with Crippen molar-refractivity contribution in [3.05, 3.63) is 91.6 Å². The summed E-state index contributed by atoms with van der Waals surface area (Å²) in [5, 5.41) is 7.21. The van der Waals surface area contributed by atoms with Gasteiger partial charge in [0.15, 0.2) is 11.2 Å². The van der Waals surface area contributed by atoms with E-state index < -0.39 is 11.2 Å². The molecule has 0 amide bonds. The van der Waals surface area contributed by atoms with Crippen LogP contribution in [-0.2, 0) is 20.1 Å². The van der Waals surface area contributed by atoms with E-state index in [1.807, 2.05) is 42.5 Å². The van der Waals surface area contributed by atoms with Crippen molar-refractivity contribution >= 4 is 34.4 Å². The van der Waals surface area contributed by atoms with Gasteiger partial charge in [-0.25, -0.2) is 9.80 Å². The first kappa shape index (κ1) is 18.4. The van der Waals surface area contributed by atoms with Crippen molar-refractivity contribution in [1.82, 2.24) is 19.1 Å². The van der Waals surface area contributed by atoms with Crippen molar-refractivity contribution in [3.63, 3.8) is 0 Å². The maximum Gasteiger partial charge on any atom is 0.329 e. The Morgan fingerprint density at radius 2 is 1.80 bits per heavy atom. The number of hydrogen-bond acceptors (Lipinski definition) is 5. The lowest BCUT2D eigenvalue weighted by Crippen LogP contribution is -2.32. The molecular weight excluding hydrogens is 404 g/mol. The van der Waals surface area contributed by atoms with Crippen molar-refractivity contribution in [2.75, 3.05) is 5.01 Å². The normalized spacial score (nSPS) is 13.4. The summed E-state index contributed by atoms with van der Waals surface area (Å²) >= 11 is 6.04. The molecule has 0 atom stereocenters. The average molecular weight is 421 g/mol. The topological polar surface area (TPSA) is 88.3 Å². The first-order chi connectivity index (χ1) is 14.5. The molecule has 2 aromatic carbocycles. The van der Waals surface area contributed by atoms with Crippen LogP contribution in [0.1, 0.15) is 11.1 Å². The predicted octanol–water partition coefficient (Wildman–Crippen LogP) is 2.50. The molecule has 30 heavy (non-hydrogen) atoms. The fourth-order valence-electron chi connectivity index (χ4n) is 3.60. The van der Waals surface area contributed by atoms with Crippen LogP contribution in [0.5, 0.6) is 0 Å². The summed E-state index contributed by atoms with van der Waals surface area (Å²) in [7, 11) is 1.59. The quantitative estimate of drug-likeness (QED) is 0.551. The zero-order valence-corrected chi connectivity index (χ0v) is 16.8. The van der Waals surface area contributed by atoms with Gasteiger partial charge in [-0.2, -0.15) is 10.1 Å². The van der Waals surface area contributed by atoms with E-state index >= 15 is 0 Å². The van der Waals surface area contributed by atoms with E-state index in [0.29, 0.717) is 35.2 Å². The molecule has 3 heterocycles. The molecule has 0 unspecified atom stereocenters. The third-order valence-corrected chi connectivity index (χ3v) is 5.37. The number of aromatic amines is 1. The molecule has 1 aliphatic heterocycles.